The summed E-state index contributed by atoms with van der Waals surface area (Å²) >= 11 is 0. The molecule has 130 valence electrons. The van der Waals surface area contributed by atoms with E-state index in [4.69, 9.17) is 4.43 Å². The molecule has 0 spiro atoms. The van der Waals surface area contributed by atoms with Crippen LogP contribution in [-0.2, 0) is 4.43 Å². The number of aliphatic hydroxyl groups excluding tert-OH is 1. The van der Waals surface area contributed by atoms with Crippen LogP contribution in [0.5, 0.6) is 0 Å². The summed E-state index contributed by atoms with van der Waals surface area (Å²) in [5.41, 5.74) is 0. The zero-order chi connectivity index (χ0) is 17.4. The summed E-state index contributed by atoms with van der Waals surface area (Å²) < 4.78 is 6.40. The van der Waals surface area contributed by atoms with Crippen molar-refractivity contribution in [3.63, 3.8) is 0 Å². The second-order valence-corrected chi connectivity index (χ2v) is 12.8. The lowest BCUT2D eigenvalue weighted by Crippen LogP contribution is -2.46. The van der Waals surface area contributed by atoms with E-state index in [0.29, 0.717) is 5.92 Å². The molecule has 22 heavy (non-hydrogen) atoms. The van der Waals surface area contributed by atoms with Crippen molar-refractivity contribution >= 4 is 8.32 Å². The van der Waals surface area contributed by atoms with Crippen molar-refractivity contribution in [2.75, 3.05) is 0 Å². The van der Waals surface area contributed by atoms with Crippen molar-refractivity contribution in [1.29, 1.82) is 0 Å². The Balaban J connectivity index is 4.87. The second kappa shape index (κ2) is 9.69. The highest BCUT2D eigenvalue weighted by Gasteiger charge is 2.39. The normalized spacial score (nSPS) is 16.8. The van der Waals surface area contributed by atoms with Gasteiger partial charge in [-0.25, -0.2) is 0 Å². The van der Waals surface area contributed by atoms with Crippen LogP contribution in [0.4, 0.5) is 0 Å². The van der Waals surface area contributed by atoms with Gasteiger partial charge in [0.25, 0.3) is 0 Å². The van der Waals surface area contributed by atoms with Gasteiger partial charge in [0, 0.05) is 0 Å². The molecule has 2 atom stereocenters. The van der Waals surface area contributed by atoms with Crippen molar-refractivity contribution in [3.8, 4) is 0 Å². The zero-order valence-electron chi connectivity index (χ0n) is 16.0. The number of hydrogen-bond donors (Lipinski definition) is 1. The number of aliphatic hydroxyl groups is 1. The lowest BCUT2D eigenvalue weighted by atomic mass is 10.1. The van der Waals surface area contributed by atoms with Gasteiger partial charge in [-0.2, -0.15) is 0 Å². The van der Waals surface area contributed by atoms with Gasteiger partial charge in [0.2, 0.25) is 0 Å². The van der Waals surface area contributed by atoms with E-state index in [2.05, 4.69) is 66.8 Å². The van der Waals surface area contributed by atoms with Gasteiger partial charge in [0.15, 0.2) is 8.32 Å². The van der Waals surface area contributed by atoms with E-state index < -0.39 is 14.4 Å². The summed E-state index contributed by atoms with van der Waals surface area (Å²) in [5.74, 6) is 0.695. The SMILES string of the molecule is CC/C=C/[C@H](O[Si](C)(C)C(C)(C)C)[C@@H](O)/C=C/CCC(C)C. The highest BCUT2D eigenvalue weighted by molar-refractivity contribution is 6.74. The monoisotopic (exact) mass is 326 g/mol. The number of hydrogen-bond acceptors (Lipinski definition) is 2. The average Bonchev–Trinajstić information content (AvgIpc) is 2.37. The third kappa shape index (κ3) is 8.30. The minimum absolute atomic E-state index is 0.145. The molecule has 0 bridgehead atoms. The molecule has 0 aromatic carbocycles. The molecule has 3 heteroatoms. The summed E-state index contributed by atoms with van der Waals surface area (Å²) in [6.07, 6.45) is 10.4. The maximum Gasteiger partial charge on any atom is 0.193 e. The number of rotatable bonds is 9. The van der Waals surface area contributed by atoms with Crippen molar-refractivity contribution < 1.29 is 9.53 Å². The summed E-state index contributed by atoms with van der Waals surface area (Å²) in [7, 11) is -1.89. The highest BCUT2D eigenvalue weighted by Crippen LogP contribution is 2.37. The van der Waals surface area contributed by atoms with Gasteiger partial charge in [0.05, 0.1) is 6.10 Å². The van der Waals surface area contributed by atoms with Crippen LogP contribution in [0.15, 0.2) is 24.3 Å². The molecular formula is C19H38O2Si. The lowest BCUT2D eigenvalue weighted by molar-refractivity contribution is 0.0871. The molecule has 0 rings (SSSR count). The van der Waals surface area contributed by atoms with Crippen LogP contribution in [-0.4, -0.2) is 25.6 Å². The van der Waals surface area contributed by atoms with Crippen LogP contribution >= 0.6 is 0 Å². The molecule has 1 N–H and O–H groups in total. The third-order valence-electron chi connectivity index (χ3n) is 4.38. The number of allylic oxidation sites excluding steroid dienone is 2. The molecule has 0 saturated heterocycles. The Kier molecular flexibility index (Phi) is 9.52. The van der Waals surface area contributed by atoms with E-state index in [1.807, 2.05) is 12.2 Å². The van der Waals surface area contributed by atoms with E-state index in [9.17, 15) is 5.11 Å². The van der Waals surface area contributed by atoms with Gasteiger partial charge in [-0.05, 0) is 43.3 Å². The molecule has 0 aromatic heterocycles. The molecule has 0 fully saturated rings. The summed E-state index contributed by atoms with van der Waals surface area (Å²) in [6, 6.07) is 0. The molecule has 0 radical (unpaired) electrons. The Labute approximate surface area is 139 Å². The smallest absolute Gasteiger partial charge is 0.193 e. The van der Waals surface area contributed by atoms with E-state index in [0.717, 1.165) is 19.3 Å². The van der Waals surface area contributed by atoms with Gasteiger partial charge in [-0.15, -0.1) is 0 Å². The summed E-state index contributed by atoms with van der Waals surface area (Å²) in [4.78, 5) is 0. The predicted octanol–water partition coefficient (Wildman–Crippen LogP) is 5.70. The van der Waals surface area contributed by atoms with Gasteiger partial charge in [-0.3, -0.25) is 0 Å². The minimum Gasteiger partial charge on any atom is -0.408 e. The summed E-state index contributed by atoms with van der Waals surface area (Å²) in [5, 5.41) is 10.6. The van der Waals surface area contributed by atoms with Gasteiger partial charge in [0.1, 0.15) is 6.10 Å². The fourth-order valence-corrected chi connectivity index (χ4v) is 3.04. The van der Waals surface area contributed by atoms with Crippen molar-refractivity contribution in [2.24, 2.45) is 5.92 Å². The minimum atomic E-state index is -1.89. The molecule has 0 aliphatic rings. The fraction of sp³-hybridized carbons (Fsp3) is 0.789. The first-order chi connectivity index (χ1) is 10.0. The molecule has 2 nitrogen and oxygen atoms in total. The molecule has 0 aromatic rings. The van der Waals surface area contributed by atoms with Crippen molar-refractivity contribution in [3.05, 3.63) is 24.3 Å². The van der Waals surface area contributed by atoms with E-state index in [1.54, 1.807) is 0 Å². The van der Waals surface area contributed by atoms with Gasteiger partial charge < -0.3 is 9.53 Å². The molecule has 0 amide bonds. The molecule has 0 aliphatic carbocycles. The van der Waals surface area contributed by atoms with E-state index in [-0.39, 0.29) is 11.1 Å². The molecule has 0 heterocycles. The van der Waals surface area contributed by atoms with E-state index >= 15 is 0 Å². The highest BCUT2D eigenvalue weighted by atomic mass is 28.4. The van der Waals surface area contributed by atoms with Crippen LogP contribution < -0.4 is 0 Å². The van der Waals surface area contributed by atoms with E-state index in [1.165, 1.54) is 0 Å². The maximum absolute atomic E-state index is 10.5. The van der Waals surface area contributed by atoms with Gasteiger partial charge in [-0.1, -0.05) is 65.8 Å². The maximum atomic E-state index is 10.5. The molecule has 0 saturated carbocycles. The lowest BCUT2D eigenvalue weighted by Gasteiger charge is -2.39. The quantitative estimate of drug-likeness (QED) is 0.435. The summed E-state index contributed by atoms with van der Waals surface area (Å²) in [6.45, 7) is 17.7. The van der Waals surface area contributed by atoms with Crippen LogP contribution in [0.2, 0.25) is 18.1 Å². The Hall–Kier alpha value is -0.383. The Bertz CT molecular complexity index is 351. The van der Waals surface area contributed by atoms with Crippen LogP contribution in [0.1, 0.15) is 60.8 Å². The second-order valence-electron chi connectivity index (χ2n) is 8.07. The molecule has 0 aliphatic heterocycles. The molecule has 0 unspecified atom stereocenters. The Morgan fingerprint density at radius 3 is 2.14 bits per heavy atom. The van der Waals surface area contributed by atoms with Crippen LogP contribution in [0, 0.1) is 5.92 Å². The zero-order valence-corrected chi connectivity index (χ0v) is 17.0. The van der Waals surface area contributed by atoms with Gasteiger partial charge >= 0.3 is 0 Å². The van der Waals surface area contributed by atoms with Crippen LogP contribution in [0.3, 0.4) is 0 Å². The first kappa shape index (κ1) is 21.6. The Morgan fingerprint density at radius 2 is 1.68 bits per heavy atom. The topological polar surface area (TPSA) is 29.5 Å². The van der Waals surface area contributed by atoms with Crippen molar-refractivity contribution in [1.82, 2.24) is 0 Å². The predicted molar refractivity (Wildman–Crippen MR) is 101 cm³/mol. The molecular weight excluding hydrogens is 288 g/mol. The third-order valence-corrected chi connectivity index (χ3v) is 8.85. The van der Waals surface area contributed by atoms with Crippen LogP contribution in [0.25, 0.3) is 0 Å². The first-order valence-electron chi connectivity index (χ1n) is 8.70. The largest absolute Gasteiger partial charge is 0.408 e. The fourth-order valence-electron chi connectivity index (χ4n) is 1.78. The first-order valence-corrected chi connectivity index (χ1v) is 11.6. The Morgan fingerprint density at radius 1 is 1.09 bits per heavy atom. The van der Waals surface area contributed by atoms with Crippen molar-refractivity contribution in [2.45, 2.75) is 91.1 Å². The average molecular weight is 327 g/mol. The standard InChI is InChI=1S/C19H38O2Si/c1-9-10-15-18(21-22(7,8)19(4,5)6)17(20)14-12-11-13-16(2)3/h10,12,14-18,20H,9,11,13H2,1-8H3/b14-12+,15-10+/t17-,18-/m0/s1.